The van der Waals surface area contributed by atoms with E-state index in [0.717, 1.165) is 12.8 Å². The molecule has 0 amide bonds. The number of unbranched alkanes of at least 4 members (excludes halogenated alkanes) is 1. The number of hydrogen-bond donors (Lipinski definition) is 1. The SMILES string of the molecule is [CH2]CCCOCCCS(=O)(=O)O. The summed E-state index contributed by atoms with van der Waals surface area (Å²) in [6.45, 7) is 4.61. The van der Waals surface area contributed by atoms with E-state index in [-0.39, 0.29) is 5.75 Å². The van der Waals surface area contributed by atoms with Gasteiger partial charge in [-0.25, -0.2) is 0 Å². The van der Waals surface area contributed by atoms with Crippen molar-refractivity contribution in [1.29, 1.82) is 0 Å². The molecule has 0 spiro atoms. The number of ether oxygens (including phenoxy) is 1. The zero-order chi connectivity index (χ0) is 9.45. The summed E-state index contributed by atoms with van der Waals surface area (Å²) in [5.74, 6) is -0.225. The molecule has 73 valence electrons. The predicted octanol–water partition coefficient (Wildman–Crippen LogP) is 0.895. The van der Waals surface area contributed by atoms with E-state index in [0.29, 0.717) is 19.6 Å². The molecule has 0 rings (SSSR count). The molecule has 0 atom stereocenters. The smallest absolute Gasteiger partial charge is 0.264 e. The second-order valence-electron chi connectivity index (χ2n) is 2.46. The van der Waals surface area contributed by atoms with Crippen molar-refractivity contribution in [3.05, 3.63) is 6.92 Å². The molecule has 0 bridgehead atoms. The molecule has 5 heteroatoms. The zero-order valence-electron chi connectivity index (χ0n) is 7.03. The molecule has 0 saturated carbocycles. The van der Waals surface area contributed by atoms with E-state index in [9.17, 15) is 8.42 Å². The summed E-state index contributed by atoms with van der Waals surface area (Å²) < 4.78 is 33.8. The maximum absolute atomic E-state index is 10.2. The third kappa shape index (κ3) is 9.87. The summed E-state index contributed by atoms with van der Waals surface area (Å²) in [7, 11) is -3.81. The third-order valence-electron chi connectivity index (χ3n) is 1.23. The minimum absolute atomic E-state index is 0.225. The predicted molar refractivity (Wildman–Crippen MR) is 46.4 cm³/mol. The number of hydrogen-bond acceptors (Lipinski definition) is 3. The average molecular weight is 195 g/mol. The highest BCUT2D eigenvalue weighted by Gasteiger charge is 2.02. The highest BCUT2D eigenvalue weighted by molar-refractivity contribution is 7.85. The van der Waals surface area contributed by atoms with Crippen molar-refractivity contribution in [1.82, 2.24) is 0 Å². The van der Waals surface area contributed by atoms with Crippen molar-refractivity contribution in [3.63, 3.8) is 0 Å². The van der Waals surface area contributed by atoms with Gasteiger partial charge in [0.15, 0.2) is 0 Å². The fourth-order valence-corrected chi connectivity index (χ4v) is 1.13. The maximum Gasteiger partial charge on any atom is 0.264 e. The molecule has 0 fully saturated rings. The first kappa shape index (κ1) is 11.9. The molecule has 0 aromatic rings. The van der Waals surface area contributed by atoms with Crippen molar-refractivity contribution in [2.45, 2.75) is 19.3 Å². The van der Waals surface area contributed by atoms with Gasteiger partial charge < -0.3 is 4.74 Å². The van der Waals surface area contributed by atoms with Gasteiger partial charge in [0.25, 0.3) is 10.1 Å². The summed E-state index contributed by atoms with van der Waals surface area (Å²) >= 11 is 0. The molecule has 1 radical (unpaired) electrons. The minimum atomic E-state index is -3.81. The van der Waals surface area contributed by atoms with Crippen LogP contribution in [-0.4, -0.2) is 31.9 Å². The van der Waals surface area contributed by atoms with Crippen LogP contribution < -0.4 is 0 Å². The first-order chi connectivity index (χ1) is 5.56. The quantitative estimate of drug-likeness (QED) is 0.484. The largest absolute Gasteiger partial charge is 0.381 e. The zero-order valence-corrected chi connectivity index (χ0v) is 7.85. The molecule has 0 aromatic carbocycles. The fraction of sp³-hybridized carbons (Fsp3) is 0.857. The van der Waals surface area contributed by atoms with E-state index in [2.05, 4.69) is 6.92 Å². The van der Waals surface area contributed by atoms with Gasteiger partial charge >= 0.3 is 0 Å². The van der Waals surface area contributed by atoms with Crippen LogP contribution in [0.1, 0.15) is 19.3 Å². The lowest BCUT2D eigenvalue weighted by atomic mass is 10.4. The molecule has 0 heterocycles. The maximum atomic E-state index is 10.2. The molecule has 0 unspecified atom stereocenters. The molecule has 12 heavy (non-hydrogen) atoms. The molecule has 0 saturated heterocycles. The van der Waals surface area contributed by atoms with Crippen LogP contribution in [0.5, 0.6) is 0 Å². The van der Waals surface area contributed by atoms with Crippen molar-refractivity contribution in [2.24, 2.45) is 0 Å². The van der Waals surface area contributed by atoms with Gasteiger partial charge in [-0.2, -0.15) is 8.42 Å². The van der Waals surface area contributed by atoms with E-state index in [1.165, 1.54) is 0 Å². The Balaban J connectivity index is 3.12. The van der Waals surface area contributed by atoms with Crippen LogP contribution in [0.15, 0.2) is 0 Å². The lowest BCUT2D eigenvalue weighted by Crippen LogP contribution is -2.07. The lowest BCUT2D eigenvalue weighted by Gasteiger charge is -2.00. The summed E-state index contributed by atoms with van der Waals surface area (Å²) in [6.07, 6.45) is 2.04. The monoisotopic (exact) mass is 195 g/mol. The van der Waals surface area contributed by atoms with Crippen LogP contribution in [0.2, 0.25) is 0 Å². The molecule has 4 nitrogen and oxygen atoms in total. The van der Waals surface area contributed by atoms with Crippen molar-refractivity contribution in [3.8, 4) is 0 Å². The second kappa shape index (κ2) is 6.39. The topological polar surface area (TPSA) is 63.6 Å². The van der Waals surface area contributed by atoms with Crippen molar-refractivity contribution >= 4 is 10.1 Å². The summed E-state index contributed by atoms with van der Waals surface area (Å²) in [5, 5.41) is 0. The Morgan fingerprint density at radius 1 is 1.25 bits per heavy atom. The second-order valence-corrected chi connectivity index (χ2v) is 4.03. The molecule has 0 aliphatic heterocycles. The van der Waals surface area contributed by atoms with Gasteiger partial charge in [0.05, 0.1) is 5.75 Å². The molecule has 1 N–H and O–H groups in total. The van der Waals surface area contributed by atoms with E-state index >= 15 is 0 Å². The van der Waals surface area contributed by atoms with Gasteiger partial charge in [-0.3, -0.25) is 4.55 Å². The van der Waals surface area contributed by atoms with E-state index in [1.807, 2.05) is 0 Å². The summed E-state index contributed by atoms with van der Waals surface area (Å²) in [6, 6.07) is 0. The van der Waals surface area contributed by atoms with Gasteiger partial charge in [0.2, 0.25) is 0 Å². The Morgan fingerprint density at radius 2 is 1.83 bits per heavy atom. The van der Waals surface area contributed by atoms with E-state index in [1.54, 1.807) is 0 Å². The van der Waals surface area contributed by atoms with Gasteiger partial charge in [-0.05, 0) is 12.8 Å². The molecular formula is C7H15O4S. The molecule has 0 aromatic heterocycles. The van der Waals surface area contributed by atoms with Gasteiger partial charge in [0, 0.05) is 13.2 Å². The van der Waals surface area contributed by atoms with Crippen molar-refractivity contribution < 1.29 is 17.7 Å². The standard InChI is InChI=1S/C7H15O4S/c1-2-3-5-11-6-4-7-12(8,9)10/h1-7H2,(H,8,9,10). The normalized spacial score (nSPS) is 11.8. The number of rotatable bonds is 7. The van der Waals surface area contributed by atoms with Gasteiger partial charge in [-0.1, -0.05) is 13.3 Å². The van der Waals surface area contributed by atoms with Crippen LogP contribution in [0, 0.1) is 6.92 Å². The third-order valence-corrected chi connectivity index (χ3v) is 2.03. The highest BCUT2D eigenvalue weighted by Crippen LogP contribution is 1.92. The Kier molecular flexibility index (Phi) is 6.32. The Bertz CT molecular complexity index is 186. The van der Waals surface area contributed by atoms with E-state index in [4.69, 9.17) is 9.29 Å². The highest BCUT2D eigenvalue weighted by atomic mass is 32.2. The van der Waals surface area contributed by atoms with Gasteiger partial charge in [-0.15, -0.1) is 0 Å². The van der Waals surface area contributed by atoms with Crippen LogP contribution in [0.4, 0.5) is 0 Å². The van der Waals surface area contributed by atoms with Crippen molar-refractivity contribution in [2.75, 3.05) is 19.0 Å². The van der Waals surface area contributed by atoms with Crippen LogP contribution in [0.25, 0.3) is 0 Å². The lowest BCUT2D eigenvalue weighted by molar-refractivity contribution is 0.133. The average Bonchev–Trinajstić information content (AvgIpc) is 1.94. The Labute approximate surface area is 73.7 Å². The van der Waals surface area contributed by atoms with Gasteiger partial charge in [0.1, 0.15) is 0 Å². The molecule has 0 aliphatic carbocycles. The van der Waals surface area contributed by atoms with Crippen LogP contribution in [-0.2, 0) is 14.9 Å². The van der Waals surface area contributed by atoms with E-state index < -0.39 is 10.1 Å². The minimum Gasteiger partial charge on any atom is -0.381 e. The fourth-order valence-electron chi connectivity index (χ4n) is 0.650. The van der Waals surface area contributed by atoms with Crippen LogP contribution >= 0.6 is 0 Å². The Hall–Kier alpha value is -0.130. The Morgan fingerprint density at radius 3 is 2.33 bits per heavy atom. The first-order valence-corrected chi connectivity index (χ1v) is 5.49. The van der Waals surface area contributed by atoms with Crippen LogP contribution in [0.3, 0.4) is 0 Å². The summed E-state index contributed by atoms with van der Waals surface area (Å²) in [5.41, 5.74) is 0. The molecular weight excluding hydrogens is 180 g/mol. The summed E-state index contributed by atoms with van der Waals surface area (Å²) in [4.78, 5) is 0. The first-order valence-electron chi connectivity index (χ1n) is 3.88. The molecule has 0 aliphatic rings.